The molecule has 2 aromatic rings. The van der Waals surface area contributed by atoms with Gasteiger partial charge in [0.25, 0.3) is 5.91 Å². The van der Waals surface area contributed by atoms with Crippen molar-refractivity contribution in [1.82, 2.24) is 0 Å². The van der Waals surface area contributed by atoms with E-state index in [0.29, 0.717) is 27.2 Å². The van der Waals surface area contributed by atoms with Gasteiger partial charge in [-0.25, -0.2) is 0 Å². The smallest absolute Gasteiger partial charge is 0.262 e. The lowest BCUT2D eigenvalue weighted by molar-refractivity contribution is -0.118. The maximum absolute atomic E-state index is 11.8. The SMILES string of the molecule is CC(=O)Nc1ccc(NC(=O)COc2ccc(Cl)c(Cl)c2)cc1. The van der Waals surface area contributed by atoms with Crippen molar-refractivity contribution in [3.63, 3.8) is 0 Å². The highest BCUT2D eigenvalue weighted by Crippen LogP contribution is 2.26. The van der Waals surface area contributed by atoms with Crippen LogP contribution in [0.5, 0.6) is 5.75 Å². The topological polar surface area (TPSA) is 67.4 Å². The fraction of sp³-hybridized carbons (Fsp3) is 0.125. The third kappa shape index (κ3) is 5.47. The van der Waals surface area contributed by atoms with Gasteiger partial charge in [0.1, 0.15) is 5.75 Å². The summed E-state index contributed by atoms with van der Waals surface area (Å²) >= 11 is 11.7. The Labute approximate surface area is 143 Å². The van der Waals surface area contributed by atoms with Gasteiger partial charge in [-0.15, -0.1) is 0 Å². The molecule has 0 aliphatic heterocycles. The van der Waals surface area contributed by atoms with E-state index in [1.165, 1.54) is 6.92 Å². The Morgan fingerprint density at radius 3 is 2.13 bits per heavy atom. The van der Waals surface area contributed by atoms with Crippen LogP contribution in [0.15, 0.2) is 42.5 Å². The van der Waals surface area contributed by atoms with Gasteiger partial charge in [-0.1, -0.05) is 23.2 Å². The summed E-state index contributed by atoms with van der Waals surface area (Å²) in [6, 6.07) is 11.5. The third-order valence-electron chi connectivity index (χ3n) is 2.75. The van der Waals surface area contributed by atoms with Crippen LogP contribution in [0.4, 0.5) is 11.4 Å². The molecule has 23 heavy (non-hydrogen) atoms. The predicted octanol–water partition coefficient (Wildman–Crippen LogP) is 3.97. The molecule has 0 saturated carbocycles. The Morgan fingerprint density at radius 1 is 0.957 bits per heavy atom. The van der Waals surface area contributed by atoms with E-state index in [4.69, 9.17) is 27.9 Å². The summed E-state index contributed by atoms with van der Waals surface area (Å²) in [5.41, 5.74) is 1.25. The number of nitrogens with one attached hydrogen (secondary N) is 2. The second-order valence-corrected chi connectivity index (χ2v) is 5.49. The molecule has 2 rings (SSSR count). The molecule has 2 amide bonds. The van der Waals surface area contributed by atoms with E-state index in [-0.39, 0.29) is 18.4 Å². The molecule has 0 aromatic heterocycles. The molecule has 0 spiro atoms. The minimum absolute atomic E-state index is 0.156. The number of ether oxygens (including phenoxy) is 1. The van der Waals surface area contributed by atoms with E-state index < -0.39 is 0 Å². The van der Waals surface area contributed by atoms with E-state index in [9.17, 15) is 9.59 Å². The molecule has 5 nitrogen and oxygen atoms in total. The predicted molar refractivity (Wildman–Crippen MR) is 91.3 cm³/mol. The summed E-state index contributed by atoms with van der Waals surface area (Å²) in [6.07, 6.45) is 0. The average molecular weight is 353 g/mol. The minimum atomic E-state index is -0.316. The van der Waals surface area contributed by atoms with Gasteiger partial charge >= 0.3 is 0 Å². The molecule has 2 aromatic carbocycles. The quantitative estimate of drug-likeness (QED) is 0.855. The second kappa shape index (κ2) is 7.85. The lowest BCUT2D eigenvalue weighted by Crippen LogP contribution is -2.20. The fourth-order valence-electron chi connectivity index (χ4n) is 1.75. The first-order valence-corrected chi connectivity index (χ1v) is 7.45. The zero-order valence-electron chi connectivity index (χ0n) is 12.2. The van der Waals surface area contributed by atoms with Crippen LogP contribution < -0.4 is 15.4 Å². The molecule has 0 fully saturated rings. The van der Waals surface area contributed by atoms with Crippen molar-refractivity contribution in [2.75, 3.05) is 17.2 Å². The minimum Gasteiger partial charge on any atom is -0.484 e. The van der Waals surface area contributed by atoms with Crippen LogP contribution in [0.3, 0.4) is 0 Å². The molecule has 0 bridgehead atoms. The normalized spacial score (nSPS) is 10.0. The molecule has 0 saturated heterocycles. The Kier molecular flexibility index (Phi) is 5.84. The van der Waals surface area contributed by atoms with Crippen LogP contribution in [-0.2, 0) is 9.59 Å². The summed E-state index contributed by atoms with van der Waals surface area (Å²) in [5.74, 6) is -0.0179. The van der Waals surface area contributed by atoms with Crippen molar-refractivity contribution >= 4 is 46.4 Å². The molecule has 0 radical (unpaired) electrons. The zero-order valence-corrected chi connectivity index (χ0v) is 13.7. The molecule has 2 N–H and O–H groups in total. The van der Waals surface area contributed by atoms with Crippen molar-refractivity contribution < 1.29 is 14.3 Å². The highest BCUT2D eigenvalue weighted by molar-refractivity contribution is 6.42. The first kappa shape index (κ1) is 17.1. The van der Waals surface area contributed by atoms with Gasteiger partial charge in [0.05, 0.1) is 10.0 Å². The number of rotatable bonds is 5. The van der Waals surface area contributed by atoms with Gasteiger partial charge in [-0.2, -0.15) is 0 Å². The molecule has 7 heteroatoms. The molecule has 120 valence electrons. The zero-order chi connectivity index (χ0) is 16.8. The first-order chi connectivity index (χ1) is 10.9. The number of hydrogen-bond donors (Lipinski definition) is 2. The van der Waals surface area contributed by atoms with Gasteiger partial charge in [0.15, 0.2) is 6.61 Å². The van der Waals surface area contributed by atoms with E-state index >= 15 is 0 Å². The van der Waals surface area contributed by atoms with Crippen molar-refractivity contribution in [1.29, 1.82) is 0 Å². The van der Waals surface area contributed by atoms with Crippen LogP contribution in [0.25, 0.3) is 0 Å². The van der Waals surface area contributed by atoms with Gasteiger partial charge < -0.3 is 15.4 Å². The Morgan fingerprint density at radius 2 is 1.57 bits per heavy atom. The van der Waals surface area contributed by atoms with Crippen molar-refractivity contribution in [2.45, 2.75) is 6.92 Å². The lowest BCUT2D eigenvalue weighted by atomic mass is 10.2. The van der Waals surface area contributed by atoms with Gasteiger partial charge in [-0.05, 0) is 36.4 Å². The summed E-state index contributed by atoms with van der Waals surface area (Å²) < 4.78 is 5.34. The molecule has 0 unspecified atom stereocenters. The first-order valence-electron chi connectivity index (χ1n) is 6.69. The number of carbonyl (C=O) groups excluding carboxylic acids is 2. The second-order valence-electron chi connectivity index (χ2n) is 4.67. The molecule has 0 heterocycles. The lowest BCUT2D eigenvalue weighted by Gasteiger charge is -2.09. The van der Waals surface area contributed by atoms with Gasteiger partial charge in [0.2, 0.25) is 5.91 Å². The summed E-state index contributed by atoms with van der Waals surface area (Å²) in [5, 5.41) is 6.10. The largest absolute Gasteiger partial charge is 0.484 e. The van der Waals surface area contributed by atoms with E-state index in [0.717, 1.165) is 0 Å². The molecular formula is C16H14Cl2N2O3. The molecule has 0 atom stereocenters. The number of benzene rings is 2. The molecule has 0 aliphatic carbocycles. The summed E-state index contributed by atoms with van der Waals surface area (Å²) in [7, 11) is 0. The Bertz CT molecular complexity index is 718. The van der Waals surface area contributed by atoms with Gasteiger partial charge in [-0.3, -0.25) is 9.59 Å². The van der Waals surface area contributed by atoms with E-state index in [2.05, 4.69) is 10.6 Å². The third-order valence-corrected chi connectivity index (χ3v) is 3.49. The number of carbonyl (C=O) groups is 2. The van der Waals surface area contributed by atoms with Crippen molar-refractivity contribution in [3.05, 3.63) is 52.5 Å². The van der Waals surface area contributed by atoms with Crippen LogP contribution in [-0.4, -0.2) is 18.4 Å². The molecule has 0 aliphatic rings. The maximum Gasteiger partial charge on any atom is 0.262 e. The standard InChI is InChI=1S/C16H14Cl2N2O3/c1-10(21)19-11-2-4-12(5-3-11)20-16(22)9-23-13-6-7-14(17)15(18)8-13/h2-8H,9H2,1H3,(H,19,21)(H,20,22). The van der Waals surface area contributed by atoms with Crippen molar-refractivity contribution in [2.24, 2.45) is 0 Å². The molecular weight excluding hydrogens is 339 g/mol. The maximum atomic E-state index is 11.8. The number of amides is 2. The van der Waals surface area contributed by atoms with Gasteiger partial charge in [0, 0.05) is 24.4 Å². The summed E-state index contributed by atoms with van der Waals surface area (Å²) in [6.45, 7) is 1.27. The summed E-state index contributed by atoms with van der Waals surface area (Å²) in [4.78, 5) is 22.8. The van der Waals surface area contributed by atoms with Crippen LogP contribution >= 0.6 is 23.2 Å². The fourth-order valence-corrected chi connectivity index (χ4v) is 2.04. The highest BCUT2D eigenvalue weighted by atomic mass is 35.5. The van der Waals surface area contributed by atoms with E-state index in [1.807, 2.05) is 0 Å². The van der Waals surface area contributed by atoms with Crippen LogP contribution in [0, 0.1) is 0 Å². The average Bonchev–Trinajstić information content (AvgIpc) is 2.50. The van der Waals surface area contributed by atoms with Crippen LogP contribution in [0.2, 0.25) is 10.0 Å². The number of hydrogen-bond acceptors (Lipinski definition) is 3. The van der Waals surface area contributed by atoms with E-state index in [1.54, 1.807) is 42.5 Å². The van der Waals surface area contributed by atoms with Crippen LogP contribution in [0.1, 0.15) is 6.92 Å². The Hall–Kier alpha value is -2.24. The van der Waals surface area contributed by atoms with Crippen molar-refractivity contribution in [3.8, 4) is 5.75 Å². The Balaban J connectivity index is 1.86. The highest BCUT2D eigenvalue weighted by Gasteiger charge is 2.06. The number of anilines is 2. The number of halogens is 2. The monoisotopic (exact) mass is 352 g/mol.